The summed E-state index contributed by atoms with van der Waals surface area (Å²) < 4.78 is 32.5. The first kappa shape index (κ1) is 56.8. The molecule has 0 bridgehead atoms. The molecule has 0 rings (SSSR count). The molecule has 0 heterocycles. The minimum atomic E-state index is -4.78. The molecule has 13 heteroatoms. The average Bonchev–Trinajstić information content (AvgIpc) is 3.23. The van der Waals surface area contributed by atoms with E-state index in [1.807, 2.05) is 36.5 Å². The molecule has 0 aromatic rings. The van der Waals surface area contributed by atoms with Crippen molar-refractivity contribution in [2.45, 2.75) is 141 Å². The highest BCUT2D eigenvalue weighted by Gasteiger charge is 2.28. The molecule has 0 aromatic heterocycles. The van der Waals surface area contributed by atoms with Crippen LogP contribution in [-0.2, 0) is 37.5 Å². The van der Waals surface area contributed by atoms with Crippen LogP contribution in [-0.4, -0.2) is 71.1 Å². The summed E-state index contributed by atoms with van der Waals surface area (Å²) in [6.45, 7) is 2.40. The Bertz CT molecular complexity index is 1510. The van der Waals surface area contributed by atoms with Crippen LogP contribution in [0.4, 0.5) is 0 Å². The molecule has 0 amide bonds. The highest BCUT2D eigenvalue weighted by Crippen LogP contribution is 2.43. The molecule has 0 saturated heterocycles. The first-order valence-corrected chi connectivity index (χ1v) is 23.2. The number of aliphatic hydroxyl groups excluding tert-OH is 1. The van der Waals surface area contributed by atoms with Crippen molar-refractivity contribution in [3.8, 4) is 0 Å². The summed E-state index contributed by atoms with van der Waals surface area (Å²) in [4.78, 5) is 45.9. The van der Waals surface area contributed by atoms with E-state index < -0.39 is 63.8 Å². The molecule has 342 valence electrons. The SMILES string of the molecule is CC/C=C\C/C=C\C/C=C\C/C=C\C/C=C\C/C=C\CCC(=O)O[C@H](COC(=O)CCC/C=C/C=C\C(O)C/C=C\C/C=C\CCCCC)COP(=O)(O)OC[C@H](N)C(=O)O. The number of phosphoric acid groups is 1. The van der Waals surface area contributed by atoms with Crippen molar-refractivity contribution in [3.05, 3.63) is 122 Å². The van der Waals surface area contributed by atoms with Gasteiger partial charge in [-0.15, -0.1) is 0 Å². The summed E-state index contributed by atoms with van der Waals surface area (Å²) in [7, 11) is -4.78. The Morgan fingerprint density at radius 2 is 1.13 bits per heavy atom. The monoisotopic (exact) mass is 871 g/mol. The predicted octanol–water partition coefficient (Wildman–Crippen LogP) is 10.6. The zero-order chi connectivity index (χ0) is 45.1. The Hall–Kier alpha value is -4.16. The van der Waals surface area contributed by atoms with Crippen LogP contribution >= 0.6 is 7.82 Å². The number of esters is 2. The zero-order valence-corrected chi connectivity index (χ0v) is 37.4. The number of allylic oxidation sites excluding steroid dienone is 18. The Morgan fingerprint density at radius 3 is 1.70 bits per heavy atom. The van der Waals surface area contributed by atoms with Crippen LogP contribution in [0, 0.1) is 0 Å². The third-order valence-electron chi connectivity index (χ3n) is 8.29. The number of phosphoric ester groups is 1. The number of ether oxygens (including phenoxy) is 2. The van der Waals surface area contributed by atoms with Gasteiger partial charge in [0.05, 0.1) is 19.3 Å². The number of rotatable bonds is 38. The van der Waals surface area contributed by atoms with Crippen LogP contribution in [0.3, 0.4) is 0 Å². The van der Waals surface area contributed by atoms with Crippen LogP contribution < -0.4 is 5.73 Å². The molecule has 0 radical (unpaired) electrons. The van der Waals surface area contributed by atoms with E-state index in [-0.39, 0.29) is 12.8 Å². The summed E-state index contributed by atoms with van der Waals surface area (Å²) in [6.07, 6.45) is 51.7. The van der Waals surface area contributed by atoms with E-state index in [0.29, 0.717) is 32.1 Å². The van der Waals surface area contributed by atoms with Gasteiger partial charge in [0.2, 0.25) is 0 Å². The fraction of sp³-hybridized carbons (Fsp3) is 0.521. The molecule has 2 unspecified atom stereocenters. The van der Waals surface area contributed by atoms with Crippen molar-refractivity contribution >= 4 is 25.7 Å². The quantitative estimate of drug-likeness (QED) is 0.0151. The lowest BCUT2D eigenvalue weighted by molar-refractivity contribution is -0.161. The Balaban J connectivity index is 4.69. The van der Waals surface area contributed by atoms with Gasteiger partial charge in [-0.25, -0.2) is 4.57 Å². The number of carbonyl (C=O) groups excluding carboxylic acids is 2. The molecule has 12 nitrogen and oxygen atoms in total. The molecular weight excluding hydrogens is 797 g/mol. The maximum absolute atomic E-state index is 12.6. The third-order valence-corrected chi connectivity index (χ3v) is 9.24. The Labute approximate surface area is 365 Å². The van der Waals surface area contributed by atoms with Gasteiger partial charge < -0.3 is 30.3 Å². The van der Waals surface area contributed by atoms with Gasteiger partial charge in [0.1, 0.15) is 12.6 Å². The second-order valence-corrected chi connectivity index (χ2v) is 15.4. The molecule has 0 aliphatic heterocycles. The summed E-state index contributed by atoms with van der Waals surface area (Å²) in [5.74, 6) is -2.65. The van der Waals surface area contributed by atoms with E-state index in [1.165, 1.54) is 19.3 Å². The van der Waals surface area contributed by atoms with Crippen molar-refractivity contribution in [1.29, 1.82) is 0 Å². The molecule has 4 atom stereocenters. The summed E-state index contributed by atoms with van der Waals surface area (Å²) in [5.41, 5.74) is 5.32. The Morgan fingerprint density at radius 1 is 0.607 bits per heavy atom. The van der Waals surface area contributed by atoms with Gasteiger partial charge in [0.25, 0.3) is 0 Å². The smallest absolute Gasteiger partial charge is 0.472 e. The standard InChI is InChI=1S/C48H74NO11P/c1-3-5-7-9-11-13-14-15-16-17-18-19-20-21-22-24-26-30-35-39-47(52)60-44(41-58-61(55,56)59-42-45(49)48(53)54)40-57-46(51)38-34-31-27-29-33-37-43(50)36-32-28-25-23-12-10-8-6-4-2/h5,7,11-13,15-16,18-19,21-23,26-30,32-33,37,43-45,50H,3-4,6,8-10,14,17,20,24-25,31,34-36,38-42,49H2,1-2H3,(H,53,54)(H,55,56)/b7-5-,13-11-,16-15-,19-18-,22-21-,23-12-,29-27+,30-26-,32-28-,37-33-/t43?,44-,45+/m1/s1. The zero-order valence-electron chi connectivity index (χ0n) is 36.6. The van der Waals surface area contributed by atoms with E-state index in [4.69, 9.17) is 24.8 Å². The summed E-state index contributed by atoms with van der Waals surface area (Å²) in [6, 6.07) is -1.56. The molecule has 0 aromatic carbocycles. The van der Waals surface area contributed by atoms with E-state index >= 15 is 0 Å². The largest absolute Gasteiger partial charge is 0.480 e. The molecule has 0 aliphatic carbocycles. The van der Waals surface area contributed by atoms with Gasteiger partial charge in [-0.05, 0) is 83.5 Å². The fourth-order valence-electron chi connectivity index (χ4n) is 4.87. The lowest BCUT2D eigenvalue weighted by Gasteiger charge is -2.20. The minimum Gasteiger partial charge on any atom is -0.480 e. The van der Waals surface area contributed by atoms with Crippen molar-refractivity contribution in [2.75, 3.05) is 19.8 Å². The number of nitrogens with two attached hydrogens (primary N) is 1. The summed E-state index contributed by atoms with van der Waals surface area (Å²) in [5, 5.41) is 19.0. The molecule has 61 heavy (non-hydrogen) atoms. The number of hydrogen-bond acceptors (Lipinski definition) is 10. The number of carboxylic acid groups (broad SMARTS) is 1. The topological polar surface area (TPSA) is 192 Å². The molecule has 0 aliphatic rings. The van der Waals surface area contributed by atoms with Gasteiger partial charge in [-0.3, -0.25) is 23.4 Å². The highest BCUT2D eigenvalue weighted by atomic mass is 31.2. The van der Waals surface area contributed by atoms with E-state index in [2.05, 4.69) is 85.2 Å². The Kier molecular flexibility index (Phi) is 38.4. The average molecular weight is 872 g/mol. The lowest BCUT2D eigenvalue weighted by Crippen LogP contribution is -2.34. The van der Waals surface area contributed by atoms with Crippen LogP contribution in [0.2, 0.25) is 0 Å². The first-order valence-electron chi connectivity index (χ1n) is 21.7. The molecule has 0 spiro atoms. The molecule has 5 N–H and O–H groups in total. The first-order chi connectivity index (χ1) is 29.5. The number of aliphatic carboxylic acids is 1. The number of aliphatic hydroxyl groups is 1. The maximum Gasteiger partial charge on any atom is 0.472 e. The molecular formula is C48H74NO11P. The van der Waals surface area contributed by atoms with Crippen molar-refractivity contribution in [3.63, 3.8) is 0 Å². The van der Waals surface area contributed by atoms with Crippen molar-refractivity contribution in [1.82, 2.24) is 0 Å². The predicted molar refractivity (Wildman–Crippen MR) is 245 cm³/mol. The van der Waals surface area contributed by atoms with Crippen LogP contribution in [0.25, 0.3) is 0 Å². The third kappa shape index (κ3) is 41.0. The fourth-order valence-corrected chi connectivity index (χ4v) is 5.65. The van der Waals surface area contributed by atoms with Crippen molar-refractivity contribution in [2.24, 2.45) is 5.73 Å². The number of hydrogen-bond donors (Lipinski definition) is 4. The highest BCUT2D eigenvalue weighted by molar-refractivity contribution is 7.47. The second kappa shape index (κ2) is 41.2. The van der Waals surface area contributed by atoms with Gasteiger partial charge >= 0.3 is 25.7 Å². The van der Waals surface area contributed by atoms with Crippen LogP contribution in [0.5, 0.6) is 0 Å². The molecule has 0 fully saturated rings. The maximum atomic E-state index is 12.6. The number of carbonyl (C=O) groups is 3. The van der Waals surface area contributed by atoms with Gasteiger partial charge in [0.15, 0.2) is 6.10 Å². The minimum absolute atomic E-state index is 0.00127. The lowest BCUT2D eigenvalue weighted by atomic mass is 10.2. The van der Waals surface area contributed by atoms with Gasteiger partial charge in [-0.2, -0.15) is 0 Å². The van der Waals surface area contributed by atoms with Gasteiger partial charge in [-0.1, -0.05) is 148 Å². The van der Waals surface area contributed by atoms with E-state index in [9.17, 15) is 28.9 Å². The van der Waals surface area contributed by atoms with Gasteiger partial charge in [0, 0.05) is 12.8 Å². The summed E-state index contributed by atoms with van der Waals surface area (Å²) >= 11 is 0. The van der Waals surface area contributed by atoms with Crippen LogP contribution in [0.15, 0.2) is 122 Å². The normalized spacial score (nSPS) is 15.4. The van der Waals surface area contributed by atoms with Crippen LogP contribution in [0.1, 0.15) is 123 Å². The molecule has 0 saturated carbocycles. The van der Waals surface area contributed by atoms with Crippen molar-refractivity contribution < 1.29 is 52.6 Å². The van der Waals surface area contributed by atoms with E-state index in [1.54, 1.807) is 18.2 Å². The number of carboxylic acids is 1. The van der Waals surface area contributed by atoms with E-state index in [0.717, 1.165) is 44.9 Å². The second-order valence-electron chi connectivity index (χ2n) is 13.9. The number of unbranched alkanes of at least 4 members (excludes halogenated alkanes) is 4.